The molecule has 0 spiro atoms. The van der Waals surface area contributed by atoms with Crippen LogP contribution in [0.2, 0.25) is 0 Å². The van der Waals surface area contributed by atoms with E-state index in [-0.39, 0.29) is 19.1 Å². The maximum atomic E-state index is 12.8. The van der Waals surface area contributed by atoms with Crippen LogP contribution < -0.4 is 14.8 Å². The van der Waals surface area contributed by atoms with Crippen molar-refractivity contribution in [2.24, 2.45) is 0 Å². The number of methoxy groups -OCH3 is 2. The average molecular weight is 413 g/mol. The summed E-state index contributed by atoms with van der Waals surface area (Å²) < 4.78 is 10.8. The van der Waals surface area contributed by atoms with Gasteiger partial charge in [0, 0.05) is 17.3 Å². The molecule has 0 fully saturated rings. The molecule has 2 aromatic heterocycles. The highest BCUT2D eigenvalue weighted by Crippen LogP contribution is 2.39. The molecule has 3 heterocycles. The number of anilines is 1. The number of nitrogens with zero attached hydrogens (tertiary/aromatic N) is 4. The number of urea groups is 1. The molecule has 9 nitrogen and oxygen atoms in total. The van der Waals surface area contributed by atoms with E-state index >= 15 is 0 Å². The number of fused-ring (bicyclic) bond motifs is 1. The van der Waals surface area contributed by atoms with Gasteiger partial charge in [-0.15, -0.1) is 10.2 Å². The molecule has 1 unspecified atom stereocenters. The third-order valence-corrected chi connectivity index (χ3v) is 5.46. The van der Waals surface area contributed by atoms with Crippen LogP contribution in [0.4, 0.5) is 9.93 Å². The van der Waals surface area contributed by atoms with Crippen molar-refractivity contribution in [1.82, 2.24) is 20.1 Å². The second-order valence-corrected chi connectivity index (χ2v) is 7.29. The number of pyridine rings is 1. The Kier molecular flexibility index (Phi) is 5.28. The molecule has 0 radical (unpaired) electrons. The van der Waals surface area contributed by atoms with E-state index in [1.54, 1.807) is 32.5 Å². The first-order valence-electron chi connectivity index (χ1n) is 8.83. The fourth-order valence-corrected chi connectivity index (χ4v) is 3.98. The molecular formula is C19H19N5O4S. The van der Waals surface area contributed by atoms with Gasteiger partial charge in [-0.2, -0.15) is 0 Å². The summed E-state index contributed by atoms with van der Waals surface area (Å²) in [7, 11) is 3.09. The van der Waals surface area contributed by atoms with Gasteiger partial charge in [-0.3, -0.25) is 10.3 Å². The van der Waals surface area contributed by atoms with Gasteiger partial charge in [0.2, 0.25) is 5.13 Å². The summed E-state index contributed by atoms with van der Waals surface area (Å²) >= 11 is 1.23. The Bertz CT molecular complexity index is 1030. The highest BCUT2D eigenvalue weighted by Gasteiger charge is 2.32. The first-order chi connectivity index (χ1) is 14.1. The summed E-state index contributed by atoms with van der Waals surface area (Å²) in [6.45, 7) is 0.388. The second kappa shape index (κ2) is 8.02. The molecule has 1 aliphatic rings. The number of aliphatic hydroxyl groups excluding tert-OH is 1. The Morgan fingerprint density at radius 3 is 2.72 bits per heavy atom. The van der Waals surface area contributed by atoms with Gasteiger partial charge in [-0.1, -0.05) is 17.4 Å². The Balaban J connectivity index is 1.53. The van der Waals surface area contributed by atoms with Crippen molar-refractivity contribution in [2.45, 2.75) is 12.6 Å². The van der Waals surface area contributed by atoms with E-state index in [2.05, 4.69) is 20.5 Å². The molecule has 2 amide bonds. The van der Waals surface area contributed by atoms with E-state index in [0.29, 0.717) is 38.5 Å². The number of benzene rings is 1. The smallest absolute Gasteiger partial charge is 0.324 e. The molecule has 29 heavy (non-hydrogen) atoms. The molecule has 0 saturated heterocycles. The summed E-state index contributed by atoms with van der Waals surface area (Å²) in [6.07, 6.45) is 0.775. The Hall–Kier alpha value is -3.24. The number of carbonyl (C=O) groups is 1. The third kappa shape index (κ3) is 3.71. The van der Waals surface area contributed by atoms with Crippen molar-refractivity contribution in [2.75, 3.05) is 26.1 Å². The lowest BCUT2D eigenvalue weighted by molar-refractivity contribution is 0.105. The molecular weight excluding hydrogens is 394 g/mol. The van der Waals surface area contributed by atoms with Crippen molar-refractivity contribution < 1.29 is 19.4 Å². The minimum absolute atomic E-state index is 0.119. The van der Waals surface area contributed by atoms with Crippen LogP contribution in [0.3, 0.4) is 0 Å². The van der Waals surface area contributed by atoms with E-state index in [4.69, 9.17) is 9.47 Å². The van der Waals surface area contributed by atoms with Gasteiger partial charge in [0.1, 0.15) is 23.3 Å². The number of aliphatic hydroxyl groups is 1. The number of β-amino-alcohol motifs (C(OH)–C–C–N with tert-alkyl or cyclic N) is 1. The van der Waals surface area contributed by atoms with E-state index in [9.17, 15) is 9.90 Å². The number of amides is 2. The topological polar surface area (TPSA) is 110 Å². The molecule has 2 N–H and O–H groups in total. The first-order valence-corrected chi connectivity index (χ1v) is 9.65. The van der Waals surface area contributed by atoms with Crippen LogP contribution in [-0.2, 0) is 6.54 Å². The van der Waals surface area contributed by atoms with E-state index < -0.39 is 6.10 Å². The van der Waals surface area contributed by atoms with Crippen molar-refractivity contribution in [1.29, 1.82) is 0 Å². The van der Waals surface area contributed by atoms with Gasteiger partial charge in [-0.05, 0) is 24.3 Å². The highest BCUT2D eigenvalue weighted by molar-refractivity contribution is 7.18. The summed E-state index contributed by atoms with van der Waals surface area (Å²) in [5.74, 6) is 1.16. The third-order valence-electron chi connectivity index (χ3n) is 4.60. The van der Waals surface area contributed by atoms with Crippen LogP contribution in [0, 0.1) is 0 Å². The van der Waals surface area contributed by atoms with Crippen LogP contribution >= 0.6 is 11.3 Å². The molecule has 1 aromatic carbocycles. The van der Waals surface area contributed by atoms with Gasteiger partial charge in [-0.25, -0.2) is 4.79 Å². The van der Waals surface area contributed by atoms with Gasteiger partial charge in [0.05, 0.1) is 27.3 Å². The number of hydrogen-bond donors (Lipinski definition) is 2. The largest absolute Gasteiger partial charge is 0.496 e. The summed E-state index contributed by atoms with van der Waals surface area (Å²) in [6, 6.07) is 8.62. The molecule has 3 aromatic rings. The predicted octanol–water partition coefficient (Wildman–Crippen LogP) is 2.70. The second-order valence-electron chi connectivity index (χ2n) is 6.32. The standard InChI is InChI=1S/C19H19N5O4S/c1-27-14-6-7-15(28-2)16-11(14)9-24(10-13(16)25)19(26)21-18-23-22-17(29-18)12-5-3-4-8-20-12/h3-8,13,25H,9-10H2,1-2H3,(H,21,23,26). The number of aromatic nitrogens is 3. The van der Waals surface area contributed by atoms with E-state index in [0.717, 1.165) is 0 Å². The minimum atomic E-state index is -0.895. The zero-order valence-electron chi connectivity index (χ0n) is 15.8. The van der Waals surface area contributed by atoms with E-state index in [1.807, 2.05) is 18.2 Å². The van der Waals surface area contributed by atoms with Crippen molar-refractivity contribution in [3.63, 3.8) is 0 Å². The molecule has 1 aliphatic heterocycles. The number of ether oxygens (including phenoxy) is 2. The van der Waals surface area contributed by atoms with Crippen LogP contribution in [0.15, 0.2) is 36.5 Å². The molecule has 0 saturated carbocycles. The zero-order valence-corrected chi connectivity index (χ0v) is 16.6. The average Bonchev–Trinajstić information content (AvgIpc) is 3.22. The Labute approximate surface area is 170 Å². The summed E-state index contributed by atoms with van der Waals surface area (Å²) in [5.41, 5.74) is 2.04. The predicted molar refractivity (Wildman–Crippen MR) is 107 cm³/mol. The lowest BCUT2D eigenvalue weighted by atomic mass is 9.95. The summed E-state index contributed by atoms with van der Waals surface area (Å²) in [4.78, 5) is 18.5. The molecule has 0 aliphatic carbocycles. The lowest BCUT2D eigenvalue weighted by Gasteiger charge is -2.33. The normalized spacial score (nSPS) is 15.6. The molecule has 0 bridgehead atoms. The highest BCUT2D eigenvalue weighted by atomic mass is 32.1. The van der Waals surface area contributed by atoms with Gasteiger partial charge >= 0.3 is 6.03 Å². The van der Waals surface area contributed by atoms with E-state index in [1.165, 1.54) is 16.2 Å². The van der Waals surface area contributed by atoms with Gasteiger partial charge in [0.15, 0.2) is 5.01 Å². The quantitative estimate of drug-likeness (QED) is 0.677. The van der Waals surface area contributed by atoms with Crippen LogP contribution in [0.5, 0.6) is 11.5 Å². The Morgan fingerprint density at radius 2 is 2.00 bits per heavy atom. The number of hydrogen-bond acceptors (Lipinski definition) is 8. The first kappa shape index (κ1) is 19.1. The molecule has 4 rings (SSSR count). The zero-order chi connectivity index (χ0) is 20.4. The van der Waals surface area contributed by atoms with Crippen molar-refractivity contribution in [3.8, 4) is 22.2 Å². The molecule has 1 atom stereocenters. The fraction of sp³-hybridized carbons (Fsp3) is 0.263. The SMILES string of the molecule is COc1ccc(OC)c2c1CN(C(=O)Nc1nnc(-c3ccccn3)s1)CC2O. The minimum Gasteiger partial charge on any atom is -0.496 e. The van der Waals surface area contributed by atoms with Crippen LogP contribution in [0.25, 0.3) is 10.7 Å². The monoisotopic (exact) mass is 413 g/mol. The molecule has 10 heteroatoms. The molecule has 150 valence electrons. The maximum Gasteiger partial charge on any atom is 0.324 e. The van der Waals surface area contributed by atoms with Crippen LogP contribution in [-0.4, -0.2) is 52.0 Å². The maximum absolute atomic E-state index is 12.8. The lowest BCUT2D eigenvalue weighted by Crippen LogP contribution is -2.41. The number of nitrogens with one attached hydrogen (secondary N) is 1. The van der Waals surface area contributed by atoms with Crippen molar-refractivity contribution in [3.05, 3.63) is 47.7 Å². The van der Waals surface area contributed by atoms with Gasteiger partial charge in [0.25, 0.3) is 0 Å². The van der Waals surface area contributed by atoms with Crippen molar-refractivity contribution >= 4 is 22.5 Å². The summed E-state index contributed by atoms with van der Waals surface area (Å²) in [5, 5.41) is 22.4. The van der Waals surface area contributed by atoms with Crippen LogP contribution in [0.1, 0.15) is 17.2 Å². The fourth-order valence-electron chi connectivity index (χ4n) is 3.27. The number of rotatable bonds is 4. The number of carbonyl (C=O) groups excluding carboxylic acids is 1. The Morgan fingerprint density at radius 1 is 1.21 bits per heavy atom. The van der Waals surface area contributed by atoms with Gasteiger partial charge < -0.3 is 19.5 Å².